The minimum Gasteiger partial charge on any atom is -0.457 e. The minimum atomic E-state index is -0.247. The molecule has 0 amide bonds. The fourth-order valence-electron chi connectivity index (χ4n) is 10.6. The number of fused-ring (bicyclic) bond motifs is 3. The van der Waals surface area contributed by atoms with Crippen LogP contribution in [0.5, 0.6) is 11.5 Å². The van der Waals surface area contributed by atoms with Gasteiger partial charge in [0.05, 0.1) is 17.7 Å². The first-order valence-corrected chi connectivity index (χ1v) is 25.4. The topological polar surface area (TPSA) is 33.5 Å². The third-order valence-electron chi connectivity index (χ3n) is 15.0. The highest BCUT2D eigenvalue weighted by molar-refractivity contribution is 6.10. The lowest BCUT2D eigenvalue weighted by atomic mass is 9.78. The van der Waals surface area contributed by atoms with Crippen molar-refractivity contribution in [3.8, 4) is 28.4 Å². The van der Waals surface area contributed by atoms with Crippen LogP contribution in [0.3, 0.4) is 0 Å². The van der Waals surface area contributed by atoms with E-state index in [1.165, 1.54) is 55.6 Å². The van der Waals surface area contributed by atoms with Gasteiger partial charge in [-0.2, -0.15) is 0 Å². The van der Waals surface area contributed by atoms with Crippen molar-refractivity contribution in [2.45, 2.75) is 104 Å². The van der Waals surface area contributed by atoms with Crippen molar-refractivity contribution < 1.29 is 4.74 Å². The normalized spacial score (nSPS) is 13.4. The Balaban J connectivity index is 1.12. The van der Waals surface area contributed by atoms with E-state index in [0.717, 1.165) is 45.0 Å². The van der Waals surface area contributed by atoms with Crippen LogP contribution >= 0.6 is 0 Å². The maximum Gasteiger partial charge on any atom is 0.137 e. The molecule has 5 nitrogen and oxygen atoms in total. The Morgan fingerprint density at radius 1 is 0.465 bits per heavy atom. The summed E-state index contributed by atoms with van der Waals surface area (Å²) in [4.78, 5) is 9.78. The zero-order valence-electron chi connectivity index (χ0n) is 43.5. The highest BCUT2D eigenvalue weighted by atomic mass is 16.5. The zero-order chi connectivity index (χ0) is 49.8. The molecule has 0 saturated carbocycles. The summed E-state index contributed by atoms with van der Waals surface area (Å²) in [7, 11) is 0. The summed E-state index contributed by atoms with van der Waals surface area (Å²) in [6.07, 6.45) is 6.35. The van der Waals surface area contributed by atoms with Gasteiger partial charge < -0.3 is 14.5 Å². The average Bonchev–Trinajstić information content (AvgIpc) is 4.00. The summed E-state index contributed by atoms with van der Waals surface area (Å²) in [6, 6.07) is 62.1. The van der Waals surface area contributed by atoms with Crippen molar-refractivity contribution in [3.63, 3.8) is 0 Å². The number of pyridine rings is 1. The molecule has 2 aromatic heterocycles. The van der Waals surface area contributed by atoms with Crippen LogP contribution in [-0.2, 0) is 16.2 Å². The van der Waals surface area contributed by atoms with Gasteiger partial charge in [0.25, 0.3) is 0 Å². The molecule has 0 unspecified atom stereocenters. The second kappa shape index (κ2) is 18.4. The molecule has 0 aliphatic carbocycles. The molecule has 0 bridgehead atoms. The predicted octanol–water partition coefficient (Wildman–Crippen LogP) is 17.6. The second-order valence-electron chi connectivity index (χ2n) is 22.2. The molecule has 5 heteroatoms. The Morgan fingerprint density at radius 3 is 1.70 bits per heavy atom. The molecule has 9 aromatic rings. The first-order valence-electron chi connectivity index (χ1n) is 25.4. The van der Waals surface area contributed by atoms with Crippen LogP contribution < -0.4 is 14.5 Å². The van der Waals surface area contributed by atoms with Crippen molar-refractivity contribution >= 4 is 33.2 Å². The maximum atomic E-state index is 7.17. The van der Waals surface area contributed by atoms with Gasteiger partial charge in [0.15, 0.2) is 0 Å². The highest BCUT2D eigenvalue weighted by Crippen LogP contribution is 2.44. The van der Waals surface area contributed by atoms with E-state index in [2.05, 4.69) is 273 Å². The molecular weight excluding hydrogens is 865 g/mol. The molecule has 10 rings (SSSR count). The van der Waals surface area contributed by atoms with Gasteiger partial charge in [0, 0.05) is 63.7 Å². The molecule has 71 heavy (non-hydrogen) atoms. The van der Waals surface area contributed by atoms with Crippen LogP contribution in [0.2, 0.25) is 0 Å². The van der Waals surface area contributed by atoms with Crippen molar-refractivity contribution in [2.24, 2.45) is 0 Å². The first-order chi connectivity index (χ1) is 34.0. The summed E-state index contributed by atoms with van der Waals surface area (Å²) < 4.78 is 9.50. The molecule has 7 aromatic carbocycles. The van der Waals surface area contributed by atoms with Gasteiger partial charge in [0.2, 0.25) is 0 Å². The maximum absolute atomic E-state index is 7.17. The Bertz CT molecular complexity index is 3400. The first kappa shape index (κ1) is 47.3. The van der Waals surface area contributed by atoms with Crippen molar-refractivity contribution in [1.82, 2.24) is 9.55 Å². The Labute approximate surface area is 422 Å². The van der Waals surface area contributed by atoms with Gasteiger partial charge in [0.1, 0.15) is 17.3 Å². The lowest BCUT2D eigenvalue weighted by Gasteiger charge is -2.27. The van der Waals surface area contributed by atoms with Gasteiger partial charge in [-0.1, -0.05) is 173 Å². The Kier molecular flexibility index (Phi) is 12.3. The summed E-state index contributed by atoms with van der Waals surface area (Å²) in [5.41, 5.74) is 15.4. The SMILES string of the molecule is CC(C)c1cccc(C(C)C)c1-c1cc(Oc2ccc3c4cc(C(C)(C)c5ccccc5)ccc4n(-c4cc(C(C)(C)c5ccccc5)ccn4)c3c2)cc(N2C=CN(c3cccc(C(C)(C)C)c3)C2)c1. The van der Waals surface area contributed by atoms with Gasteiger partial charge >= 0.3 is 0 Å². The van der Waals surface area contributed by atoms with E-state index in [1.807, 2.05) is 6.20 Å². The molecule has 1 aliphatic rings. The fraction of sp³-hybridized carbons (Fsp3) is 0.258. The van der Waals surface area contributed by atoms with Gasteiger partial charge in [-0.25, -0.2) is 4.98 Å². The molecule has 3 heterocycles. The molecule has 358 valence electrons. The number of rotatable bonds is 12. The number of hydrogen-bond donors (Lipinski definition) is 0. The van der Waals surface area contributed by atoms with E-state index in [1.54, 1.807) is 0 Å². The molecule has 0 spiro atoms. The predicted molar refractivity (Wildman–Crippen MR) is 300 cm³/mol. The van der Waals surface area contributed by atoms with Crippen LogP contribution in [0, 0.1) is 0 Å². The number of anilines is 2. The fourth-order valence-corrected chi connectivity index (χ4v) is 10.6. The lowest BCUT2D eigenvalue weighted by molar-refractivity contribution is 0.483. The lowest BCUT2D eigenvalue weighted by Crippen LogP contribution is -2.25. The third-order valence-corrected chi connectivity index (χ3v) is 15.0. The van der Waals surface area contributed by atoms with Gasteiger partial charge in [-0.05, 0) is 128 Å². The number of benzene rings is 7. The highest BCUT2D eigenvalue weighted by Gasteiger charge is 2.28. The van der Waals surface area contributed by atoms with E-state index in [9.17, 15) is 0 Å². The number of hydrogen-bond acceptors (Lipinski definition) is 4. The van der Waals surface area contributed by atoms with Crippen molar-refractivity contribution in [3.05, 3.63) is 227 Å². The van der Waals surface area contributed by atoms with E-state index in [-0.39, 0.29) is 16.2 Å². The molecule has 0 radical (unpaired) electrons. The average molecular weight is 933 g/mol. The zero-order valence-corrected chi connectivity index (χ0v) is 43.5. The summed E-state index contributed by atoms with van der Waals surface area (Å²) >= 11 is 0. The monoisotopic (exact) mass is 933 g/mol. The Morgan fingerprint density at radius 2 is 1.07 bits per heavy atom. The molecule has 0 saturated heterocycles. The van der Waals surface area contributed by atoms with E-state index in [0.29, 0.717) is 18.5 Å². The molecule has 0 N–H and O–H groups in total. The Hall–Kier alpha value is -7.37. The smallest absolute Gasteiger partial charge is 0.137 e. The number of aromatic nitrogens is 2. The van der Waals surface area contributed by atoms with Crippen molar-refractivity contribution in [2.75, 3.05) is 16.5 Å². The van der Waals surface area contributed by atoms with Crippen LogP contribution in [0.1, 0.15) is 127 Å². The van der Waals surface area contributed by atoms with Gasteiger partial charge in [-0.3, -0.25) is 4.57 Å². The number of ether oxygens (including phenoxy) is 1. The van der Waals surface area contributed by atoms with Crippen LogP contribution in [0.25, 0.3) is 38.8 Å². The minimum absolute atomic E-state index is 0.0526. The quantitative estimate of drug-likeness (QED) is 0.122. The van der Waals surface area contributed by atoms with Gasteiger partial charge in [-0.15, -0.1) is 0 Å². The summed E-state index contributed by atoms with van der Waals surface area (Å²) in [5, 5.41) is 2.32. The largest absolute Gasteiger partial charge is 0.457 e. The molecule has 1 aliphatic heterocycles. The van der Waals surface area contributed by atoms with Crippen LogP contribution in [0.15, 0.2) is 188 Å². The van der Waals surface area contributed by atoms with Crippen LogP contribution in [0.4, 0.5) is 11.4 Å². The third kappa shape index (κ3) is 9.04. The second-order valence-corrected chi connectivity index (χ2v) is 22.2. The summed E-state index contributed by atoms with van der Waals surface area (Å²) in [6.45, 7) is 25.9. The molecule has 0 atom stereocenters. The van der Waals surface area contributed by atoms with E-state index < -0.39 is 0 Å². The summed E-state index contributed by atoms with van der Waals surface area (Å²) in [5.74, 6) is 3.08. The van der Waals surface area contributed by atoms with Crippen LogP contribution in [-0.4, -0.2) is 16.2 Å². The standard InChI is InChI=1S/C66H68N4O/c1-44(2)56-26-19-27-57(45(3)4)63(56)46-36-53(69-35-34-68(43-69)52-25-18-24-49(38-52)64(5,6)7)41-55(37-46)71-54-29-30-58-59-39-50(65(8,9)47-20-14-12-15-21-47)28-31-60(59)70(61(58)42-54)62-40-51(32-33-67-62)66(10,11)48-22-16-13-17-23-48/h12-42,44-45H,43H2,1-11H3. The number of nitrogens with zero attached hydrogens (tertiary/aromatic N) is 4. The van der Waals surface area contributed by atoms with Crippen molar-refractivity contribution in [1.29, 1.82) is 0 Å². The van der Waals surface area contributed by atoms with E-state index >= 15 is 0 Å². The molecular formula is C66H68N4O. The van der Waals surface area contributed by atoms with E-state index in [4.69, 9.17) is 9.72 Å². The molecule has 0 fully saturated rings.